The van der Waals surface area contributed by atoms with Crippen LogP contribution in [0.4, 0.5) is 26.3 Å². The molecule has 0 spiro atoms. The van der Waals surface area contributed by atoms with Crippen LogP contribution in [0.1, 0.15) is 36.2 Å². The summed E-state index contributed by atoms with van der Waals surface area (Å²) in [5.41, 5.74) is 4.61. The van der Waals surface area contributed by atoms with E-state index in [4.69, 9.17) is 19.1 Å². The maximum absolute atomic E-state index is 12.2. The van der Waals surface area contributed by atoms with Crippen LogP contribution in [0.2, 0.25) is 0 Å². The lowest BCUT2D eigenvalue weighted by atomic mass is 10.1. The Morgan fingerprint density at radius 1 is 0.534 bits per heavy atom. The van der Waals surface area contributed by atoms with Crippen molar-refractivity contribution in [1.29, 1.82) is 0 Å². The molecule has 4 aromatic heterocycles. The monoisotopic (exact) mass is 808 g/mol. The average Bonchev–Trinajstić information content (AvgIpc) is 4.02. The summed E-state index contributed by atoms with van der Waals surface area (Å²) in [6.07, 6.45) is 0.602. The first-order chi connectivity index (χ1) is 27.7. The largest absolute Gasteiger partial charge is 0.573 e. The normalized spacial score (nSPS) is 16.3. The first-order valence-electron chi connectivity index (χ1n) is 17.1. The molecule has 0 saturated carbocycles. The van der Waals surface area contributed by atoms with Crippen LogP contribution in [0.3, 0.4) is 0 Å². The Morgan fingerprint density at radius 2 is 0.914 bits per heavy atom. The molecular formula is C38H30F6N8O6. The third-order valence-corrected chi connectivity index (χ3v) is 8.20. The Hall–Kier alpha value is -7.12. The third kappa shape index (κ3) is 10.6. The van der Waals surface area contributed by atoms with Crippen molar-refractivity contribution in [2.75, 3.05) is 0 Å². The van der Waals surface area contributed by atoms with Gasteiger partial charge in [0, 0.05) is 37.6 Å². The first-order valence-corrected chi connectivity index (χ1v) is 17.1. The van der Waals surface area contributed by atoms with Gasteiger partial charge in [-0.1, -0.05) is 34.6 Å². The van der Waals surface area contributed by atoms with Crippen LogP contribution in [0.15, 0.2) is 120 Å². The Labute approximate surface area is 324 Å². The van der Waals surface area contributed by atoms with Crippen LogP contribution >= 0.6 is 0 Å². The predicted octanol–water partition coefficient (Wildman–Crippen LogP) is 8.47. The van der Waals surface area contributed by atoms with E-state index in [1.54, 1.807) is 58.4 Å². The molecule has 2 aromatic carbocycles. The van der Waals surface area contributed by atoms with E-state index in [0.717, 1.165) is 22.5 Å². The molecule has 0 aliphatic carbocycles. The standard InChI is InChI=1S/2C19H15F3N4O3/c2*1-26-11-13(9-24-26)16-7-6-15(10-23-16)27-18-8-17(29-25-18)12-2-4-14(5-3-12)28-19(20,21)22/h2*2-7,9-11,17H,8H2,1H3/t2*17-/m10/s1. The topological polar surface area (TPSA) is 142 Å². The van der Waals surface area contributed by atoms with Crippen molar-refractivity contribution in [3.05, 3.63) is 121 Å². The van der Waals surface area contributed by atoms with Gasteiger partial charge in [0.25, 0.3) is 0 Å². The van der Waals surface area contributed by atoms with Gasteiger partial charge in [0.15, 0.2) is 12.2 Å². The third-order valence-electron chi connectivity index (χ3n) is 8.20. The minimum absolute atomic E-state index is 0.295. The number of rotatable bonds is 8. The van der Waals surface area contributed by atoms with Gasteiger partial charge in [-0.25, -0.2) is 0 Å². The number of hydrogen-bond donors (Lipinski definition) is 0. The number of aryl methyl sites for hydroxylation is 2. The van der Waals surface area contributed by atoms with E-state index < -0.39 is 24.9 Å². The zero-order valence-corrected chi connectivity index (χ0v) is 30.3. The lowest BCUT2D eigenvalue weighted by Gasteiger charge is -2.11. The summed E-state index contributed by atoms with van der Waals surface area (Å²) >= 11 is 0. The summed E-state index contributed by atoms with van der Waals surface area (Å²) in [4.78, 5) is 19.3. The fourth-order valence-corrected chi connectivity index (χ4v) is 5.56. The number of benzene rings is 2. The minimum atomic E-state index is -4.73. The Kier molecular flexibility index (Phi) is 11.2. The van der Waals surface area contributed by atoms with Gasteiger partial charge < -0.3 is 28.6 Å². The predicted molar refractivity (Wildman–Crippen MR) is 192 cm³/mol. The van der Waals surface area contributed by atoms with E-state index in [2.05, 4.69) is 40.0 Å². The fraction of sp³-hybridized carbons (Fsp3) is 0.211. The molecule has 20 heteroatoms. The zero-order chi connectivity index (χ0) is 40.9. The van der Waals surface area contributed by atoms with Crippen molar-refractivity contribution >= 4 is 11.8 Å². The molecule has 14 nitrogen and oxygen atoms in total. The molecule has 2 aliphatic rings. The van der Waals surface area contributed by atoms with Crippen molar-refractivity contribution in [3.8, 4) is 45.5 Å². The molecular weight excluding hydrogens is 778 g/mol. The fourth-order valence-electron chi connectivity index (χ4n) is 5.56. The molecule has 0 N–H and O–H groups in total. The number of nitrogens with zero attached hydrogens (tertiary/aromatic N) is 8. The number of ether oxygens (including phenoxy) is 4. The molecule has 0 unspecified atom stereocenters. The van der Waals surface area contributed by atoms with Gasteiger partial charge in [0.05, 0.1) is 49.0 Å². The highest BCUT2D eigenvalue weighted by Crippen LogP contribution is 2.33. The maximum atomic E-state index is 12.2. The number of pyridine rings is 2. The van der Waals surface area contributed by atoms with Gasteiger partial charge in [0.1, 0.15) is 23.0 Å². The Balaban J connectivity index is 0.000000177. The van der Waals surface area contributed by atoms with Crippen molar-refractivity contribution in [3.63, 3.8) is 0 Å². The summed E-state index contributed by atoms with van der Waals surface area (Å²) in [5.74, 6) is 1.10. The number of halogens is 6. The van der Waals surface area contributed by atoms with Crippen LogP contribution < -0.4 is 18.9 Å². The molecule has 0 bridgehead atoms. The van der Waals surface area contributed by atoms with E-state index in [1.165, 1.54) is 48.5 Å². The van der Waals surface area contributed by atoms with Gasteiger partial charge in [-0.2, -0.15) is 10.2 Å². The molecule has 8 rings (SSSR count). The van der Waals surface area contributed by atoms with Gasteiger partial charge >= 0.3 is 12.7 Å². The summed E-state index contributed by atoms with van der Waals surface area (Å²) < 4.78 is 95.8. The van der Waals surface area contributed by atoms with Crippen LogP contribution in [0.5, 0.6) is 23.0 Å². The number of alkyl halides is 6. The van der Waals surface area contributed by atoms with Gasteiger partial charge in [-0.15, -0.1) is 26.3 Å². The maximum Gasteiger partial charge on any atom is 0.573 e. The molecule has 300 valence electrons. The zero-order valence-electron chi connectivity index (χ0n) is 30.3. The highest BCUT2D eigenvalue weighted by Gasteiger charge is 2.33. The van der Waals surface area contributed by atoms with Crippen LogP contribution in [-0.4, -0.2) is 54.0 Å². The van der Waals surface area contributed by atoms with Crippen LogP contribution in [0, 0.1) is 0 Å². The minimum Gasteiger partial charge on any atom is -0.438 e. The van der Waals surface area contributed by atoms with E-state index in [9.17, 15) is 26.3 Å². The number of aromatic nitrogens is 6. The highest BCUT2D eigenvalue weighted by molar-refractivity contribution is 5.80. The second-order valence-electron chi connectivity index (χ2n) is 12.6. The van der Waals surface area contributed by atoms with Gasteiger partial charge in [-0.05, 0) is 59.7 Å². The SMILES string of the molecule is Cn1cc(-c2ccc(OC3=NO[C@@H](c4ccc(OC(F)(F)F)cc4)C3)cn2)cn1.Cn1cc(-c2ccc(OC3=NO[C@H](c4ccc(OC(F)(F)F)cc4)C3)cn2)cn1. The lowest BCUT2D eigenvalue weighted by Crippen LogP contribution is -2.17. The van der Waals surface area contributed by atoms with E-state index in [0.29, 0.717) is 47.3 Å². The van der Waals surface area contributed by atoms with Gasteiger partial charge in [0.2, 0.25) is 11.8 Å². The molecule has 2 aliphatic heterocycles. The second kappa shape index (κ2) is 16.5. The molecule has 0 radical (unpaired) electrons. The van der Waals surface area contributed by atoms with Gasteiger partial charge in [-0.3, -0.25) is 19.3 Å². The molecule has 0 amide bonds. The van der Waals surface area contributed by atoms with Crippen molar-refractivity contribution in [2.24, 2.45) is 24.4 Å². The summed E-state index contributed by atoms with van der Waals surface area (Å²) in [7, 11) is 3.65. The quantitative estimate of drug-likeness (QED) is 0.138. The molecule has 58 heavy (non-hydrogen) atoms. The Bertz CT molecular complexity index is 2200. The smallest absolute Gasteiger partial charge is 0.438 e. The van der Waals surface area contributed by atoms with Crippen LogP contribution in [0.25, 0.3) is 22.5 Å². The van der Waals surface area contributed by atoms with E-state index >= 15 is 0 Å². The highest BCUT2D eigenvalue weighted by atomic mass is 19.4. The van der Waals surface area contributed by atoms with Crippen molar-refractivity contribution in [2.45, 2.75) is 37.8 Å². The molecule has 2 atom stereocenters. The average molecular weight is 809 g/mol. The summed E-state index contributed by atoms with van der Waals surface area (Å²) in [6.45, 7) is 0. The Morgan fingerprint density at radius 3 is 1.22 bits per heavy atom. The lowest BCUT2D eigenvalue weighted by molar-refractivity contribution is -0.275. The molecule has 0 saturated heterocycles. The summed E-state index contributed by atoms with van der Waals surface area (Å²) in [5, 5.41) is 16.0. The van der Waals surface area contributed by atoms with Crippen LogP contribution in [-0.2, 0) is 23.8 Å². The van der Waals surface area contributed by atoms with Crippen molar-refractivity contribution < 1.29 is 55.0 Å². The second-order valence-corrected chi connectivity index (χ2v) is 12.6. The van der Waals surface area contributed by atoms with E-state index in [1.807, 2.05) is 26.5 Å². The van der Waals surface area contributed by atoms with Crippen molar-refractivity contribution in [1.82, 2.24) is 29.5 Å². The number of oxime groups is 2. The molecule has 0 fully saturated rings. The molecule has 6 aromatic rings. The molecule has 6 heterocycles. The number of hydrogen-bond acceptors (Lipinski definition) is 12. The summed E-state index contributed by atoms with van der Waals surface area (Å²) in [6, 6.07) is 18.0. The first kappa shape index (κ1) is 39.1. The van der Waals surface area contributed by atoms with E-state index in [-0.39, 0.29) is 11.5 Å².